The summed E-state index contributed by atoms with van der Waals surface area (Å²) in [6.07, 6.45) is 2.64. The van der Waals surface area contributed by atoms with Crippen LogP contribution in [-0.2, 0) is 14.4 Å². The molecule has 2 rings (SSSR count). The summed E-state index contributed by atoms with van der Waals surface area (Å²) in [5.41, 5.74) is 0. The Morgan fingerprint density at radius 3 is 2.55 bits per heavy atom. The molecule has 6 nitrogen and oxygen atoms in total. The number of aliphatic carboxylic acids is 1. The zero-order valence-corrected chi connectivity index (χ0v) is 12.0. The lowest BCUT2D eigenvalue weighted by Gasteiger charge is -2.19. The van der Waals surface area contributed by atoms with E-state index in [0.717, 1.165) is 12.8 Å². The predicted molar refractivity (Wildman–Crippen MR) is 71.9 cm³/mol. The number of carboxylic acids is 1. The highest BCUT2D eigenvalue weighted by molar-refractivity contribution is 5.91. The summed E-state index contributed by atoms with van der Waals surface area (Å²) in [4.78, 5) is 36.8. The Labute approximate surface area is 118 Å². The van der Waals surface area contributed by atoms with E-state index in [0.29, 0.717) is 19.0 Å². The fraction of sp³-hybridized carbons (Fsp3) is 0.786. The number of nitrogens with zero attached hydrogens (tertiary/aromatic N) is 1. The molecule has 1 saturated heterocycles. The minimum absolute atomic E-state index is 0.0170. The van der Waals surface area contributed by atoms with Gasteiger partial charge in [0.1, 0.15) is 6.04 Å². The van der Waals surface area contributed by atoms with E-state index in [1.807, 2.05) is 13.8 Å². The van der Waals surface area contributed by atoms with Crippen molar-refractivity contribution in [3.63, 3.8) is 0 Å². The summed E-state index contributed by atoms with van der Waals surface area (Å²) in [7, 11) is 0. The number of amides is 2. The van der Waals surface area contributed by atoms with Gasteiger partial charge in [0.05, 0.1) is 5.92 Å². The molecule has 2 N–H and O–H groups in total. The monoisotopic (exact) mass is 282 g/mol. The summed E-state index contributed by atoms with van der Waals surface area (Å²) < 4.78 is 0. The first-order chi connectivity index (χ1) is 9.38. The zero-order valence-electron chi connectivity index (χ0n) is 12.0. The van der Waals surface area contributed by atoms with E-state index in [2.05, 4.69) is 5.32 Å². The second kappa shape index (κ2) is 5.81. The zero-order chi connectivity index (χ0) is 14.9. The van der Waals surface area contributed by atoms with Crippen LogP contribution in [0.5, 0.6) is 0 Å². The van der Waals surface area contributed by atoms with Crippen LogP contribution in [0.2, 0.25) is 0 Å². The summed E-state index contributed by atoms with van der Waals surface area (Å²) in [5, 5.41) is 11.7. The number of carbonyl (C=O) groups excluding carboxylic acids is 2. The maximum Gasteiger partial charge on any atom is 0.326 e. The molecule has 1 heterocycles. The molecule has 0 bridgehead atoms. The van der Waals surface area contributed by atoms with Gasteiger partial charge in [-0.05, 0) is 25.2 Å². The molecule has 0 aromatic heterocycles. The number of nitrogens with one attached hydrogen (secondary N) is 1. The van der Waals surface area contributed by atoms with Gasteiger partial charge in [-0.15, -0.1) is 0 Å². The molecule has 2 atom stereocenters. The van der Waals surface area contributed by atoms with Gasteiger partial charge in [0.2, 0.25) is 11.8 Å². The predicted octanol–water partition coefficient (Wildman–Crippen LogP) is 0.613. The molecule has 1 aliphatic heterocycles. The largest absolute Gasteiger partial charge is 0.480 e. The first-order valence-electron chi connectivity index (χ1n) is 7.21. The van der Waals surface area contributed by atoms with E-state index in [-0.39, 0.29) is 24.2 Å². The quantitative estimate of drug-likeness (QED) is 0.747. The van der Waals surface area contributed by atoms with Crippen LogP contribution in [0.25, 0.3) is 0 Å². The Hall–Kier alpha value is -1.59. The van der Waals surface area contributed by atoms with Crippen LogP contribution in [0, 0.1) is 11.8 Å². The maximum atomic E-state index is 12.1. The van der Waals surface area contributed by atoms with Crippen LogP contribution in [0.1, 0.15) is 39.5 Å². The van der Waals surface area contributed by atoms with Crippen molar-refractivity contribution < 1.29 is 19.5 Å². The number of likely N-dealkylation sites (tertiary alicyclic amines) is 1. The van der Waals surface area contributed by atoms with E-state index in [9.17, 15) is 14.4 Å². The highest BCUT2D eigenvalue weighted by Gasteiger charge is 2.42. The molecule has 1 aliphatic carbocycles. The van der Waals surface area contributed by atoms with E-state index >= 15 is 0 Å². The second-order valence-electron chi connectivity index (χ2n) is 6.21. The smallest absolute Gasteiger partial charge is 0.326 e. The van der Waals surface area contributed by atoms with Gasteiger partial charge in [0.25, 0.3) is 0 Å². The highest BCUT2D eigenvalue weighted by Crippen LogP contribution is 2.32. The van der Waals surface area contributed by atoms with Crippen LogP contribution in [0.4, 0.5) is 0 Å². The van der Waals surface area contributed by atoms with Crippen molar-refractivity contribution in [2.24, 2.45) is 11.8 Å². The fourth-order valence-electron chi connectivity index (χ4n) is 2.63. The number of hydrogen-bond donors (Lipinski definition) is 2. The third-order valence-electron chi connectivity index (χ3n) is 3.84. The lowest BCUT2D eigenvalue weighted by molar-refractivity contribution is -0.142. The van der Waals surface area contributed by atoms with Gasteiger partial charge in [0.15, 0.2) is 0 Å². The van der Waals surface area contributed by atoms with Crippen molar-refractivity contribution in [1.82, 2.24) is 10.2 Å². The van der Waals surface area contributed by atoms with Gasteiger partial charge in [-0.3, -0.25) is 9.59 Å². The topological polar surface area (TPSA) is 86.7 Å². The van der Waals surface area contributed by atoms with Crippen molar-refractivity contribution in [3.8, 4) is 0 Å². The molecular formula is C14H22N2O4. The summed E-state index contributed by atoms with van der Waals surface area (Å²) >= 11 is 0. The average molecular weight is 282 g/mol. The van der Waals surface area contributed by atoms with E-state index in [1.165, 1.54) is 0 Å². The molecule has 2 amide bonds. The molecular weight excluding hydrogens is 260 g/mol. The lowest BCUT2D eigenvalue weighted by Crippen LogP contribution is -2.45. The van der Waals surface area contributed by atoms with Crippen LogP contribution < -0.4 is 5.32 Å². The van der Waals surface area contributed by atoms with Crippen LogP contribution in [0.15, 0.2) is 0 Å². The number of carboxylic acid groups (broad SMARTS) is 1. The van der Waals surface area contributed by atoms with E-state index < -0.39 is 17.9 Å². The van der Waals surface area contributed by atoms with Crippen molar-refractivity contribution in [1.29, 1.82) is 0 Å². The molecule has 20 heavy (non-hydrogen) atoms. The second-order valence-corrected chi connectivity index (χ2v) is 6.21. The van der Waals surface area contributed by atoms with Crippen molar-refractivity contribution in [2.45, 2.75) is 51.6 Å². The Balaban J connectivity index is 1.90. The van der Waals surface area contributed by atoms with Crippen molar-refractivity contribution in [2.75, 3.05) is 6.54 Å². The van der Waals surface area contributed by atoms with E-state index in [1.54, 1.807) is 4.90 Å². The highest BCUT2D eigenvalue weighted by atomic mass is 16.4. The van der Waals surface area contributed by atoms with E-state index in [4.69, 9.17) is 5.11 Å². The van der Waals surface area contributed by atoms with Gasteiger partial charge in [-0.2, -0.15) is 0 Å². The van der Waals surface area contributed by atoms with Crippen LogP contribution in [0.3, 0.4) is 0 Å². The lowest BCUT2D eigenvalue weighted by atomic mass is 10.0. The van der Waals surface area contributed by atoms with Gasteiger partial charge in [0, 0.05) is 19.0 Å². The molecule has 2 fully saturated rings. The minimum Gasteiger partial charge on any atom is -0.480 e. The maximum absolute atomic E-state index is 12.1. The number of hydrogen-bond acceptors (Lipinski definition) is 3. The SMILES string of the molecule is CC(C)C[C@@H](NC(=O)C1CC(=O)N(C2CC2)C1)C(=O)O. The molecule has 1 unspecified atom stereocenters. The number of rotatable bonds is 6. The van der Waals surface area contributed by atoms with Gasteiger partial charge >= 0.3 is 5.97 Å². The van der Waals surface area contributed by atoms with Gasteiger partial charge in [-0.25, -0.2) is 4.79 Å². The minimum atomic E-state index is -1.02. The van der Waals surface area contributed by atoms with Gasteiger partial charge in [-0.1, -0.05) is 13.8 Å². The fourth-order valence-corrected chi connectivity index (χ4v) is 2.63. The van der Waals surface area contributed by atoms with Crippen LogP contribution >= 0.6 is 0 Å². The first-order valence-corrected chi connectivity index (χ1v) is 7.21. The van der Waals surface area contributed by atoms with Crippen molar-refractivity contribution in [3.05, 3.63) is 0 Å². The molecule has 1 saturated carbocycles. The summed E-state index contributed by atoms with van der Waals surface area (Å²) in [6.45, 7) is 4.26. The van der Waals surface area contributed by atoms with Crippen LogP contribution in [-0.4, -0.2) is 46.4 Å². The third-order valence-corrected chi connectivity index (χ3v) is 3.84. The summed E-state index contributed by atoms with van der Waals surface area (Å²) in [6, 6.07) is -0.557. The molecule has 0 aromatic rings. The molecule has 112 valence electrons. The van der Waals surface area contributed by atoms with Gasteiger partial charge < -0.3 is 15.3 Å². The Morgan fingerprint density at radius 1 is 1.40 bits per heavy atom. The Morgan fingerprint density at radius 2 is 2.05 bits per heavy atom. The molecule has 0 aromatic carbocycles. The molecule has 6 heteroatoms. The Kier molecular flexibility index (Phi) is 4.30. The Bertz CT molecular complexity index is 417. The molecule has 0 spiro atoms. The molecule has 2 aliphatic rings. The average Bonchev–Trinajstić information content (AvgIpc) is 3.11. The standard InChI is InChI=1S/C14H22N2O4/c1-8(2)5-11(14(19)20)15-13(18)9-6-12(17)16(7-9)10-3-4-10/h8-11H,3-7H2,1-2H3,(H,15,18)(H,19,20)/t9?,11-/m1/s1. The van der Waals surface area contributed by atoms with Crippen molar-refractivity contribution >= 4 is 17.8 Å². The normalized spacial score (nSPS) is 24.1. The third kappa shape index (κ3) is 3.49. The number of carbonyl (C=O) groups is 3. The molecule has 0 radical (unpaired) electrons. The summed E-state index contributed by atoms with van der Waals surface area (Å²) in [5.74, 6) is -1.53. The first kappa shape index (κ1) is 14.8.